The van der Waals surface area contributed by atoms with Crippen molar-refractivity contribution in [2.75, 3.05) is 11.6 Å². The van der Waals surface area contributed by atoms with Crippen LogP contribution >= 0.6 is 11.8 Å². The van der Waals surface area contributed by atoms with Crippen LogP contribution in [0.1, 0.15) is 25.7 Å². The molecule has 6 heteroatoms. The van der Waals surface area contributed by atoms with Crippen molar-refractivity contribution < 1.29 is 9.18 Å². The maximum absolute atomic E-state index is 13.3. The van der Waals surface area contributed by atoms with Gasteiger partial charge in [-0.25, -0.2) is 9.18 Å². The van der Waals surface area contributed by atoms with Crippen LogP contribution in [0.15, 0.2) is 18.5 Å². The Kier molecular flexibility index (Phi) is 5.01. The molecule has 2 atom stereocenters. The number of amides is 2. The molecule has 1 fully saturated rings. The minimum Gasteiger partial charge on any atom is -0.335 e. The van der Waals surface area contributed by atoms with Crippen molar-refractivity contribution in [2.24, 2.45) is 0 Å². The zero-order valence-electron chi connectivity index (χ0n) is 10.9. The summed E-state index contributed by atoms with van der Waals surface area (Å²) >= 11 is 1.84. The van der Waals surface area contributed by atoms with Gasteiger partial charge in [0.05, 0.1) is 11.9 Å². The second-order valence-electron chi connectivity index (χ2n) is 4.68. The van der Waals surface area contributed by atoms with Gasteiger partial charge in [-0.3, -0.25) is 4.98 Å². The predicted molar refractivity (Wildman–Crippen MR) is 75.9 cm³/mol. The zero-order valence-corrected chi connectivity index (χ0v) is 11.7. The first-order valence-corrected chi connectivity index (χ1v) is 7.67. The number of hydrogen-bond donors (Lipinski definition) is 2. The van der Waals surface area contributed by atoms with E-state index in [0.717, 1.165) is 25.5 Å². The molecule has 4 nitrogen and oxygen atoms in total. The van der Waals surface area contributed by atoms with E-state index in [4.69, 9.17) is 0 Å². The number of pyridine rings is 1. The molecule has 1 aliphatic carbocycles. The quantitative estimate of drug-likeness (QED) is 0.896. The summed E-state index contributed by atoms with van der Waals surface area (Å²) in [5.74, 6) is -0.525. The molecule has 0 radical (unpaired) electrons. The fraction of sp³-hybridized carbons (Fsp3) is 0.538. The molecule has 0 spiro atoms. The van der Waals surface area contributed by atoms with Crippen molar-refractivity contribution in [1.29, 1.82) is 0 Å². The van der Waals surface area contributed by atoms with Gasteiger partial charge in [-0.1, -0.05) is 6.42 Å². The van der Waals surface area contributed by atoms with Crippen molar-refractivity contribution in [2.45, 2.75) is 37.0 Å². The molecule has 0 aromatic carbocycles. The standard InChI is InChI=1S/C13H18FN3OS/c1-19-10-4-2-3-9(7-10)16-13(18)17-12-5-6-15-8-11(12)14/h5-6,8-10H,2-4,7H2,1H3,(H2,15,16,17,18)/t9-,10-/m0/s1. The van der Waals surface area contributed by atoms with Crippen LogP contribution < -0.4 is 10.6 Å². The van der Waals surface area contributed by atoms with E-state index in [-0.39, 0.29) is 17.8 Å². The van der Waals surface area contributed by atoms with Crippen molar-refractivity contribution in [3.63, 3.8) is 0 Å². The van der Waals surface area contributed by atoms with Gasteiger partial charge in [0.1, 0.15) is 0 Å². The third kappa shape index (κ3) is 4.09. The highest BCUT2D eigenvalue weighted by Gasteiger charge is 2.22. The molecule has 2 amide bonds. The Bertz CT molecular complexity index is 444. The maximum Gasteiger partial charge on any atom is 0.319 e. The number of thioether (sulfide) groups is 1. The second kappa shape index (κ2) is 6.75. The molecular formula is C13H18FN3OS. The van der Waals surface area contributed by atoms with Gasteiger partial charge >= 0.3 is 6.03 Å². The SMILES string of the molecule is CS[C@H]1CCC[C@H](NC(=O)Nc2ccncc2F)C1. The Morgan fingerprint density at radius 1 is 1.53 bits per heavy atom. The maximum atomic E-state index is 13.3. The fourth-order valence-electron chi connectivity index (χ4n) is 2.31. The number of carbonyl (C=O) groups excluding carboxylic acids is 1. The lowest BCUT2D eigenvalue weighted by molar-refractivity contribution is 0.244. The molecule has 2 rings (SSSR count). The lowest BCUT2D eigenvalue weighted by atomic mass is 9.95. The molecule has 0 unspecified atom stereocenters. The molecule has 1 aromatic heterocycles. The molecule has 1 aliphatic rings. The van der Waals surface area contributed by atoms with Crippen LogP contribution in [-0.2, 0) is 0 Å². The average Bonchev–Trinajstić information content (AvgIpc) is 2.41. The predicted octanol–water partition coefficient (Wildman–Crippen LogP) is 3.02. The third-order valence-electron chi connectivity index (χ3n) is 3.32. The van der Waals surface area contributed by atoms with E-state index in [1.54, 1.807) is 0 Å². The summed E-state index contributed by atoms with van der Waals surface area (Å²) in [6.45, 7) is 0. The number of hydrogen-bond acceptors (Lipinski definition) is 3. The van der Waals surface area contributed by atoms with Crippen LogP contribution in [0.25, 0.3) is 0 Å². The summed E-state index contributed by atoms with van der Waals surface area (Å²) in [7, 11) is 0. The Balaban J connectivity index is 1.86. The Hall–Kier alpha value is -1.30. The number of aromatic nitrogens is 1. The molecule has 0 aliphatic heterocycles. The monoisotopic (exact) mass is 283 g/mol. The smallest absolute Gasteiger partial charge is 0.319 e. The second-order valence-corrected chi connectivity index (χ2v) is 5.81. The fourth-order valence-corrected chi connectivity index (χ4v) is 3.14. The van der Waals surface area contributed by atoms with Crippen LogP contribution in [0.2, 0.25) is 0 Å². The first kappa shape index (κ1) is 14.1. The van der Waals surface area contributed by atoms with Crippen LogP contribution in [0.5, 0.6) is 0 Å². The summed E-state index contributed by atoms with van der Waals surface area (Å²) in [4.78, 5) is 15.5. The van der Waals surface area contributed by atoms with E-state index in [2.05, 4.69) is 21.9 Å². The van der Waals surface area contributed by atoms with Gasteiger partial charge in [-0.05, 0) is 31.6 Å². The number of halogens is 1. The first-order chi connectivity index (χ1) is 9.19. The van der Waals surface area contributed by atoms with Crippen LogP contribution in [0.3, 0.4) is 0 Å². The lowest BCUT2D eigenvalue weighted by Gasteiger charge is -2.28. The Labute approximate surface area is 116 Å². The van der Waals surface area contributed by atoms with E-state index in [9.17, 15) is 9.18 Å². The van der Waals surface area contributed by atoms with E-state index in [1.807, 2.05) is 11.8 Å². The molecule has 1 aromatic rings. The first-order valence-electron chi connectivity index (χ1n) is 6.39. The summed E-state index contributed by atoms with van der Waals surface area (Å²) in [6, 6.07) is 1.27. The summed E-state index contributed by atoms with van der Waals surface area (Å²) in [6.07, 6.45) is 8.93. The van der Waals surface area contributed by atoms with Gasteiger partial charge in [-0.2, -0.15) is 11.8 Å². The largest absolute Gasteiger partial charge is 0.335 e. The van der Waals surface area contributed by atoms with Crippen molar-refractivity contribution >= 4 is 23.5 Å². The highest BCUT2D eigenvalue weighted by Crippen LogP contribution is 2.26. The summed E-state index contributed by atoms with van der Waals surface area (Å²) < 4.78 is 13.3. The van der Waals surface area contributed by atoms with E-state index in [1.165, 1.54) is 18.7 Å². The van der Waals surface area contributed by atoms with E-state index in [0.29, 0.717) is 5.25 Å². The number of rotatable bonds is 3. The van der Waals surface area contributed by atoms with Gasteiger partial charge in [0, 0.05) is 17.5 Å². The Morgan fingerprint density at radius 2 is 2.37 bits per heavy atom. The number of nitrogens with one attached hydrogen (secondary N) is 2. The molecule has 104 valence electrons. The number of carbonyl (C=O) groups is 1. The molecule has 2 N–H and O–H groups in total. The van der Waals surface area contributed by atoms with Gasteiger partial charge in [-0.15, -0.1) is 0 Å². The normalized spacial score (nSPS) is 22.8. The van der Waals surface area contributed by atoms with Gasteiger partial charge in [0.25, 0.3) is 0 Å². The number of anilines is 1. The zero-order chi connectivity index (χ0) is 13.7. The van der Waals surface area contributed by atoms with Crippen molar-refractivity contribution in [1.82, 2.24) is 10.3 Å². The van der Waals surface area contributed by atoms with Crippen LogP contribution in [0.4, 0.5) is 14.9 Å². The third-order valence-corrected chi connectivity index (χ3v) is 4.41. The van der Waals surface area contributed by atoms with Gasteiger partial charge < -0.3 is 10.6 Å². The molecule has 0 saturated heterocycles. The summed E-state index contributed by atoms with van der Waals surface area (Å²) in [5.41, 5.74) is 0.157. The molecule has 1 saturated carbocycles. The number of urea groups is 1. The van der Waals surface area contributed by atoms with Crippen LogP contribution in [0, 0.1) is 5.82 Å². The highest BCUT2D eigenvalue weighted by atomic mass is 32.2. The minimum atomic E-state index is -0.525. The molecular weight excluding hydrogens is 265 g/mol. The highest BCUT2D eigenvalue weighted by molar-refractivity contribution is 7.99. The number of nitrogens with zero attached hydrogens (tertiary/aromatic N) is 1. The van der Waals surface area contributed by atoms with Crippen LogP contribution in [-0.4, -0.2) is 28.6 Å². The van der Waals surface area contributed by atoms with E-state index < -0.39 is 5.82 Å². The molecule has 19 heavy (non-hydrogen) atoms. The average molecular weight is 283 g/mol. The van der Waals surface area contributed by atoms with Gasteiger partial charge in [0.15, 0.2) is 5.82 Å². The molecule has 0 bridgehead atoms. The van der Waals surface area contributed by atoms with Gasteiger partial charge in [0.2, 0.25) is 0 Å². The summed E-state index contributed by atoms with van der Waals surface area (Å²) in [5, 5.41) is 6.03. The molecule has 1 heterocycles. The van der Waals surface area contributed by atoms with Crippen molar-refractivity contribution in [3.05, 3.63) is 24.3 Å². The van der Waals surface area contributed by atoms with E-state index >= 15 is 0 Å². The Morgan fingerprint density at radius 3 is 3.11 bits per heavy atom. The lowest BCUT2D eigenvalue weighted by Crippen LogP contribution is -2.41. The topological polar surface area (TPSA) is 54.0 Å². The minimum absolute atomic E-state index is 0.157. The van der Waals surface area contributed by atoms with Crippen molar-refractivity contribution in [3.8, 4) is 0 Å².